The standard InChI is InChI=1S/C13H17N3OS/c1-10(7-14)8-18-9-11-6-13(17)16-5-3-2-4-12(16)15-11/h2-6,10H,7-9,14H2,1H3. The molecule has 0 aromatic carbocycles. The van der Waals surface area contributed by atoms with E-state index in [-0.39, 0.29) is 5.56 Å². The Hall–Kier alpha value is -1.33. The number of aromatic nitrogens is 2. The van der Waals surface area contributed by atoms with E-state index in [1.54, 1.807) is 28.4 Å². The molecule has 2 heterocycles. The quantitative estimate of drug-likeness (QED) is 0.888. The molecule has 1 unspecified atom stereocenters. The van der Waals surface area contributed by atoms with Crippen molar-refractivity contribution in [2.24, 2.45) is 11.7 Å². The summed E-state index contributed by atoms with van der Waals surface area (Å²) in [6, 6.07) is 7.16. The molecule has 2 N–H and O–H groups in total. The van der Waals surface area contributed by atoms with E-state index in [0.29, 0.717) is 18.1 Å². The average molecular weight is 263 g/mol. The van der Waals surface area contributed by atoms with Crippen LogP contribution in [0.5, 0.6) is 0 Å². The molecule has 0 saturated carbocycles. The maximum atomic E-state index is 11.8. The second kappa shape index (κ2) is 6.02. The Kier molecular flexibility index (Phi) is 4.38. The van der Waals surface area contributed by atoms with Gasteiger partial charge in [0.15, 0.2) is 0 Å². The molecule has 2 aromatic rings. The molecule has 0 aliphatic heterocycles. The molecule has 5 heteroatoms. The summed E-state index contributed by atoms with van der Waals surface area (Å²) >= 11 is 1.77. The monoisotopic (exact) mass is 263 g/mol. The molecule has 96 valence electrons. The van der Waals surface area contributed by atoms with Crippen molar-refractivity contribution in [1.82, 2.24) is 9.38 Å². The molecule has 0 amide bonds. The fourth-order valence-corrected chi connectivity index (χ4v) is 2.62. The summed E-state index contributed by atoms with van der Waals surface area (Å²) in [4.78, 5) is 16.3. The summed E-state index contributed by atoms with van der Waals surface area (Å²) in [7, 11) is 0. The first-order valence-electron chi connectivity index (χ1n) is 5.96. The molecular formula is C13H17N3OS. The third kappa shape index (κ3) is 3.11. The lowest BCUT2D eigenvalue weighted by Gasteiger charge is -2.07. The number of nitrogens with zero attached hydrogens (tertiary/aromatic N) is 2. The molecule has 0 radical (unpaired) electrons. The first-order valence-corrected chi connectivity index (χ1v) is 7.11. The van der Waals surface area contributed by atoms with Crippen molar-refractivity contribution >= 4 is 17.4 Å². The van der Waals surface area contributed by atoms with E-state index in [1.165, 1.54) is 0 Å². The van der Waals surface area contributed by atoms with E-state index in [0.717, 1.165) is 17.2 Å². The molecular weight excluding hydrogens is 246 g/mol. The molecule has 4 nitrogen and oxygen atoms in total. The lowest BCUT2D eigenvalue weighted by Crippen LogP contribution is -2.15. The van der Waals surface area contributed by atoms with Crippen LogP contribution in [-0.4, -0.2) is 21.7 Å². The Morgan fingerprint density at radius 1 is 1.50 bits per heavy atom. The minimum Gasteiger partial charge on any atom is -0.330 e. The van der Waals surface area contributed by atoms with Crippen LogP contribution in [0.15, 0.2) is 35.3 Å². The van der Waals surface area contributed by atoms with Gasteiger partial charge in [-0.1, -0.05) is 13.0 Å². The molecule has 0 aliphatic rings. The number of rotatable bonds is 5. The van der Waals surface area contributed by atoms with Crippen LogP contribution in [0.1, 0.15) is 12.6 Å². The second-order valence-electron chi connectivity index (χ2n) is 4.37. The topological polar surface area (TPSA) is 60.4 Å². The van der Waals surface area contributed by atoms with Crippen molar-refractivity contribution in [1.29, 1.82) is 0 Å². The van der Waals surface area contributed by atoms with E-state index in [4.69, 9.17) is 5.73 Å². The highest BCUT2D eigenvalue weighted by molar-refractivity contribution is 7.98. The van der Waals surface area contributed by atoms with E-state index in [1.807, 2.05) is 18.2 Å². The van der Waals surface area contributed by atoms with E-state index in [9.17, 15) is 4.79 Å². The molecule has 0 aliphatic carbocycles. The van der Waals surface area contributed by atoms with Gasteiger partial charge in [0.25, 0.3) is 5.56 Å². The molecule has 2 rings (SSSR count). The number of hydrogen-bond acceptors (Lipinski definition) is 4. The zero-order valence-electron chi connectivity index (χ0n) is 10.4. The molecule has 18 heavy (non-hydrogen) atoms. The van der Waals surface area contributed by atoms with Crippen molar-refractivity contribution in [2.45, 2.75) is 12.7 Å². The predicted molar refractivity (Wildman–Crippen MR) is 75.8 cm³/mol. The van der Waals surface area contributed by atoms with Crippen LogP contribution < -0.4 is 11.3 Å². The summed E-state index contributed by atoms with van der Waals surface area (Å²) in [6.45, 7) is 2.82. The van der Waals surface area contributed by atoms with E-state index >= 15 is 0 Å². The molecule has 2 aromatic heterocycles. The van der Waals surface area contributed by atoms with E-state index in [2.05, 4.69) is 11.9 Å². The van der Waals surface area contributed by atoms with Crippen molar-refractivity contribution in [3.05, 3.63) is 46.5 Å². The molecule has 0 saturated heterocycles. The van der Waals surface area contributed by atoms with Crippen LogP contribution in [0.25, 0.3) is 5.65 Å². The van der Waals surface area contributed by atoms with Gasteiger partial charge >= 0.3 is 0 Å². The Labute approximate surface area is 110 Å². The van der Waals surface area contributed by atoms with Crippen LogP contribution in [0.3, 0.4) is 0 Å². The van der Waals surface area contributed by atoms with Gasteiger partial charge in [0, 0.05) is 18.0 Å². The number of hydrogen-bond donors (Lipinski definition) is 1. The second-order valence-corrected chi connectivity index (χ2v) is 5.40. The highest BCUT2D eigenvalue weighted by atomic mass is 32.2. The predicted octanol–water partition coefficient (Wildman–Crippen LogP) is 1.52. The zero-order chi connectivity index (χ0) is 13.0. The summed E-state index contributed by atoms with van der Waals surface area (Å²) in [5, 5.41) is 0. The SMILES string of the molecule is CC(CN)CSCc1cc(=O)n2ccccc2n1. The van der Waals surface area contributed by atoms with Gasteiger partial charge in [-0.2, -0.15) is 11.8 Å². The van der Waals surface area contributed by atoms with Gasteiger partial charge < -0.3 is 5.73 Å². The minimum atomic E-state index is -0.0249. The highest BCUT2D eigenvalue weighted by Crippen LogP contribution is 2.13. The largest absolute Gasteiger partial charge is 0.330 e. The van der Waals surface area contributed by atoms with Gasteiger partial charge in [-0.25, -0.2) is 4.98 Å². The van der Waals surface area contributed by atoms with Crippen molar-refractivity contribution < 1.29 is 0 Å². The number of pyridine rings is 1. The van der Waals surface area contributed by atoms with Crippen molar-refractivity contribution in [2.75, 3.05) is 12.3 Å². The number of fused-ring (bicyclic) bond motifs is 1. The Bertz CT molecular complexity index is 582. The van der Waals surface area contributed by atoms with Crippen LogP contribution in [0.4, 0.5) is 0 Å². The van der Waals surface area contributed by atoms with Gasteiger partial charge in [-0.15, -0.1) is 0 Å². The normalized spacial score (nSPS) is 12.8. The molecule has 0 spiro atoms. The van der Waals surface area contributed by atoms with Crippen LogP contribution >= 0.6 is 11.8 Å². The fraction of sp³-hybridized carbons (Fsp3) is 0.385. The van der Waals surface area contributed by atoms with Gasteiger partial charge in [0.1, 0.15) is 5.65 Å². The highest BCUT2D eigenvalue weighted by Gasteiger charge is 2.03. The number of thioether (sulfide) groups is 1. The Morgan fingerprint density at radius 2 is 2.33 bits per heavy atom. The lowest BCUT2D eigenvalue weighted by atomic mass is 10.2. The van der Waals surface area contributed by atoms with Crippen molar-refractivity contribution in [3.63, 3.8) is 0 Å². The summed E-state index contributed by atoms with van der Waals surface area (Å²) < 4.78 is 1.55. The van der Waals surface area contributed by atoms with Gasteiger partial charge in [0.05, 0.1) is 5.69 Å². The lowest BCUT2D eigenvalue weighted by molar-refractivity contribution is 0.675. The van der Waals surface area contributed by atoms with Crippen LogP contribution in [-0.2, 0) is 5.75 Å². The molecule has 1 atom stereocenters. The van der Waals surface area contributed by atoms with Gasteiger partial charge in [-0.05, 0) is 30.3 Å². The maximum absolute atomic E-state index is 11.8. The van der Waals surface area contributed by atoms with Crippen LogP contribution in [0.2, 0.25) is 0 Å². The third-order valence-electron chi connectivity index (χ3n) is 2.68. The Balaban J connectivity index is 2.12. The van der Waals surface area contributed by atoms with Crippen molar-refractivity contribution in [3.8, 4) is 0 Å². The first-order chi connectivity index (χ1) is 8.70. The Morgan fingerprint density at radius 3 is 3.11 bits per heavy atom. The zero-order valence-corrected chi connectivity index (χ0v) is 11.2. The van der Waals surface area contributed by atoms with Crippen LogP contribution in [0, 0.1) is 5.92 Å². The molecule has 0 bridgehead atoms. The third-order valence-corrected chi connectivity index (χ3v) is 3.98. The fourth-order valence-electron chi connectivity index (χ4n) is 1.61. The first kappa shape index (κ1) is 13.1. The van der Waals surface area contributed by atoms with Gasteiger partial charge in [-0.3, -0.25) is 9.20 Å². The van der Waals surface area contributed by atoms with E-state index < -0.39 is 0 Å². The van der Waals surface area contributed by atoms with Gasteiger partial charge in [0.2, 0.25) is 0 Å². The molecule has 0 fully saturated rings. The minimum absolute atomic E-state index is 0.0249. The number of nitrogens with two attached hydrogens (primary N) is 1. The summed E-state index contributed by atoms with van der Waals surface area (Å²) in [5.74, 6) is 2.24. The average Bonchev–Trinajstić information content (AvgIpc) is 2.38. The summed E-state index contributed by atoms with van der Waals surface area (Å²) in [5.41, 5.74) is 7.08. The smallest absolute Gasteiger partial charge is 0.258 e. The maximum Gasteiger partial charge on any atom is 0.258 e. The summed E-state index contributed by atoms with van der Waals surface area (Å²) in [6.07, 6.45) is 1.73.